The zero-order chi connectivity index (χ0) is 12.0. The average molecular weight is 236 g/mol. The molecule has 0 saturated carbocycles. The smallest absolute Gasteiger partial charge is 0.276 e. The first-order valence-corrected chi connectivity index (χ1v) is 4.59. The number of hydrogen-bond acceptors (Lipinski definition) is 5. The summed E-state index contributed by atoms with van der Waals surface area (Å²) in [5.41, 5.74) is 0.0508. The molecule has 80 valence electrons. The summed E-state index contributed by atoms with van der Waals surface area (Å²) in [5.74, 6) is -0.521. The van der Waals surface area contributed by atoms with Crippen molar-refractivity contribution >= 4 is 17.5 Å². The topological polar surface area (TPSA) is 93.7 Å². The van der Waals surface area contributed by atoms with Crippen molar-refractivity contribution in [2.24, 2.45) is 0 Å². The van der Waals surface area contributed by atoms with Crippen molar-refractivity contribution in [1.82, 2.24) is 15.1 Å². The van der Waals surface area contributed by atoms with Crippen LogP contribution < -0.4 is 0 Å². The Balaban J connectivity index is 2.87. The van der Waals surface area contributed by atoms with Crippen molar-refractivity contribution in [1.29, 1.82) is 10.5 Å². The van der Waals surface area contributed by atoms with E-state index in [1.807, 2.05) is 0 Å². The van der Waals surface area contributed by atoms with E-state index in [1.165, 1.54) is 12.1 Å². The van der Waals surface area contributed by atoms with Gasteiger partial charge in [-0.05, 0) is 12.1 Å². The predicted molar refractivity (Wildman–Crippen MR) is 54.2 cm³/mol. The van der Waals surface area contributed by atoms with E-state index in [-0.39, 0.29) is 23.9 Å². The van der Waals surface area contributed by atoms with E-state index in [1.54, 1.807) is 12.1 Å². The highest BCUT2D eigenvalue weighted by atomic mass is 35.5. The first kappa shape index (κ1) is 11.9. The Bertz CT molecular complexity index is 442. The van der Waals surface area contributed by atoms with Gasteiger partial charge in [0, 0.05) is 0 Å². The minimum absolute atomic E-state index is 0.0508. The molecule has 0 aromatic carbocycles. The first-order chi connectivity index (χ1) is 7.69. The van der Waals surface area contributed by atoms with Gasteiger partial charge < -0.3 is 4.90 Å². The van der Waals surface area contributed by atoms with E-state index in [0.717, 1.165) is 4.90 Å². The average Bonchev–Trinajstić information content (AvgIpc) is 2.29. The van der Waals surface area contributed by atoms with Gasteiger partial charge in [0.2, 0.25) is 0 Å². The molecule has 16 heavy (non-hydrogen) atoms. The molecule has 1 amide bonds. The van der Waals surface area contributed by atoms with E-state index in [4.69, 9.17) is 22.1 Å². The fraction of sp³-hybridized carbons (Fsp3) is 0.222. The van der Waals surface area contributed by atoms with Crippen LogP contribution in [0, 0.1) is 22.7 Å². The lowest BCUT2D eigenvalue weighted by atomic mass is 10.3. The molecule has 7 heteroatoms. The molecule has 6 nitrogen and oxygen atoms in total. The number of amides is 1. The van der Waals surface area contributed by atoms with Crippen LogP contribution in [0.5, 0.6) is 0 Å². The van der Waals surface area contributed by atoms with Crippen LogP contribution in [0.3, 0.4) is 0 Å². The Kier molecular flexibility index (Phi) is 4.19. The summed E-state index contributed by atoms with van der Waals surface area (Å²) in [4.78, 5) is 12.8. The normalized spacial score (nSPS) is 8.94. The molecule has 0 aliphatic heterocycles. The van der Waals surface area contributed by atoms with E-state index < -0.39 is 5.91 Å². The van der Waals surface area contributed by atoms with E-state index in [0.29, 0.717) is 0 Å². The van der Waals surface area contributed by atoms with Crippen molar-refractivity contribution < 1.29 is 4.79 Å². The lowest BCUT2D eigenvalue weighted by molar-refractivity contribution is 0.0788. The van der Waals surface area contributed by atoms with Crippen LogP contribution in [-0.4, -0.2) is 34.1 Å². The number of rotatable bonds is 3. The van der Waals surface area contributed by atoms with E-state index in [9.17, 15) is 4.79 Å². The van der Waals surface area contributed by atoms with Gasteiger partial charge >= 0.3 is 0 Å². The second-order valence-electron chi connectivity index (χ2n) is 2.72. The fourth-order valence-electron chi connectivity index (χ4n) is 0.962. The minimum atomic E-state index is -0.521. The summed E-state index contributed by atoms with van der Waals surface area (Å²) in [5, 5.41) is 24.2. The zero-order valence-electron chi connectivity index (χ0n) is 8.09. The number of carbonyl (C=O) groups excluding carboxylic acids is 1. The maximum atomic E-state index is 11.7. The largest absolute Gasteiger partial charge is 0.311 e. The molecule has 1 aromatic heterocycles. The highest BCUT2D eigenvalue weighted by molar-refractivity contribution is 6.29. The van der Waals surface area contributed by atoms with Gasteiger partial charge in [0.1, 0.15) is 13.1 Å². The third-order valence-electron chi connectivity index (χ3n) is 1.66. The Morgan fingerprint density at radius 2 is 1.94 bits per heavy atom. The summed E-state index contributed by atoms with van der Waals surface area (Å²) in [6.07, 6.45) is 0. The Morgan fingerprint density at radius 1 is 1.31 bits per heavy atom. The SMILES string of the molecule is N#CCN(CC#N)C(=O)c1ccc(Cl)nn1. The van der Waals surface area contributed by atoms with Gasteiger partial charge in [0.25, 0.3) is 5.91 Å². The second-order valence-corrected chi connectivity index (χ2v) is 3.11. The lowest BCUT2D eigenvalue weighted by Crippen LogP contribution is -2.32. The van der Waals surface area contributed by atoms with Crippen LogP contribution in [0.25, 0.3) is 0 Å². The maximum absolute atomic E-state index is 11.7. The van der Waals surface area contributed by atoms with Crippen LogP contribution in [0.4, 0.5) is 0 Å². The number of hydrogen-bond donors (Lipinski definition) is 0. The third kappa shape index (κ3) is 2.91. The monoisotopic (exact) mass is 235 g/mol. The van der Waals surface area contributed by atoms with Crippen molar-refractivity contribution in [3.8, 4) is 12.1 Å². The Morgan fingerprint density at radius 3 is 2.38 bits per heavy atom. The zero-order valence-corrected chi connectivity index (χ0v) is 8.85. The molecule has 0 fully saturated rings. The molecule has 0 atom stereocenters. The molecular weight excluding hydrogens is 230 g/mol. The van der Waals surface area contributed by atoms with Gasteiger partial charge in [-0.1, -0.05) is 11.6 Å². The van der Waals surface area contributed by atoms with Crippen molar-refractivity contribution in [3.05, 3.63) is 23.0 Å². The molecule has 1 aromatic rings. The molecule has 0 N–H and O–H groups in total. The molecule has 0 aliphatic rings. The Hall–Kier alpha value is -2.18. The van der Waals surface area contributed by atoms with Crippen LogP contribution in [-0.2, 0) is 0 Å². The van der Waals surface area contributed by atoms with Gasteiger partial charge in [0.15, 0.2) is 10.8 Å². The summed E-state index contributed by atoms with van der Waals surface area (Å²) in [6.45, 7) is -0.340. The number of halogens is 1. The van der Waals surface area contributed by atoms with Gasteiger partial charge in [-0.2, -0.15) is 10.5 Å². The van der Waals surface area contributed by atoms with Gasteiger partial charge in [-0.25, -0.2) is 0 Å². The Labute approximate surface area is 96.7 Å². The second kappa shape index (κ2) is 5.64. The molecule has 0 saturated heterocycles. The standard InChI is InChI=1S/C9H6ClN5O/c10-8-2-1-7(13-14-8)9(16)15(5-3-11)6-4-12/h1-2H,5-6H2. The van der Waals surface area contributed by atoms with Crippen molar-refractivity contribution in [3.63, 3.8) is 0 Å². The number of nitriles is 2. The highest BCUT2D eigenvalue weighted by Crippen LogP contribution is 2.05. The highest BCUT2D eigenvalue weighted by Gasteiger charge is 2.16. The van der Waals surface area contributed by atoms with Crippen LogP contribution in [0.1, 0.15) is 10.5 Å². The third-order valence-corrected chi connectivity index (χ3v) is 1.86. The minimum Gasteiger partial charge on any atom is -0.311 e. The number of aromatic nitrogens is 2. The first-order valence-electron chi connectivity index (χ1n) is 4.21. The van der Waals surface area contributed by atoms with Gasteiger partial charge in [0.05, 0.1) is 12.1 Å². The summed E-state index contributed by atoms with van der Waals surface area (Å²) >= 11 is 5.52. The molecule has 0 spiro atoms. The molecule has 0 radical (unpaired) electrons. The van der Waals surface area contributed by atoms with Crippen LogP contribution in [0.15, 0.2) is 12.1 Å². The number of carbonyl (C=O) groups is 1. The van der Waals surface area contributed by atoms with Crippen molar-refractivity contribution in [2.45, 2.75) is 0 Å². The quantitative estimate of drug-likeness (QED) is 0.716. The summed E-state index contributed by atoms with van der Waals surface area (Å²) in [6, 6.07) is 6.39. The van der Waals surface area contributed by atoms with Crippen molar-refractivity contribution in [2.75, 3.05) is 13.1 Å². The fourth-order valence-corrected chi connectivity index (χ4v) is 1.06. The van der Waals surface area contributed by atoms with E-state index in [2.05, 4.69) is 10.2 Å². The molecule has 1 heterocycles. The molecular formula is C9H6ClN5O. The molecule has 0 bridgehead atoms. The predicted octanol–water partition coefficient (Wildman–Crippen LogP) is 0.619. The van der Waals surface area contributed by atoms with E-state index >= 15 is 0 Å². The molecule has 1 rings (SSSR count). The van der Waals surface area contributed by atoms with Gasteiger partial charge in [-0.3, -0.25) is 4.79 Å². The maximum Gasteiger partial charge on any atom is 0.276 e. The van der Waals surface area contributed by atoms with Gasteiger partial charge in [-0.15, -0.1) is 10.2 Å². The van der Waals surface area contributed by atoms with Crippen LogP contribution in [0.2, 0.25) is 5.15 Å². The summed E-state index contributed by atoms with van der Waals surface area (Å²) < 4.78 is 0. The summed E-state index contributed by atoms with van der Waals surface area (Å²) in [7, 11) is 0. The van der Waals surface area contributed by atoms with Crippen LogP contribution >= 0.6 is 11.6 Å². The molecule has 0 unspecified atom stereocenters. The number of nitrogens with zero attached hydrogens (tertiary/aromatic N) is 5. The molecule has 0 aliphatic carbocycles. The lowest BCUT2D eigenvalue weighted by Gasteiger charge is -2.14.